The molecule has 0 fully saturated rings. The third kappa shape index (κ3) is 2.92. The molecular weight excluding hydrogens is 195 g/mol. The molecule has 1 atom stereocenters. The van der Waals surface area contributed by atoms with Crippen molar-refractivity contribution in [1.82, 2.24) is 0 Å². The Morgan fingerprint density at radius 1 is 1.25 bits per heavy atom. The normalized spacial score (nSPS) is 12.8. The number of hydrogen-bond acceptors (Lipinski definition) is 0. The number of benzene rings is 1. The maximum absolute atomic E-state index is 10.7. The van der Waals surface area contributed by atoms with Gasteiger partial charge in [0.1, 0.15) is 0 Å². The quantitative estimate of drug-likeness (QED) is 0.673. The third-order valence-electron chi connectivity index (χ3n) is 1.55. The Hall–Kier alpha value is -0.400. The Balaban J connectivity index is 2.58. The second-order valence-electron chi connectivity index (χ2n) is 2.60. The summed E-state index contributed by atoms with van der Waals surface area (Å²) in [6.07, 6.45) is 0.714. The molecule has 1 aromatic rings. The van der Waals surface area contributed by atoms with Crippen LogP contribution in [0.1, 0.15) is 5.56 Å². The molecular formula is C9H9Cl2O. The van der Waals surface area contributed by atoms with Crippen molar-refractivity contribution in [2.75, 3.05) is 5.88 Å². The Bertz CT molecular complexity index is 233. The maximum Gasteiger partial charge on any atom is 0.178 e. The van der Waals surface area contributed by atoms with Crippen LogP contribution in [-0.4, -0.2) is 11.3 Å². The molecule has 1 rings (SSSR count). The van der Waals surface area contributed by atoms with Gasteiger partial charge in [-0.25, -0.2) is 0 Å². The van der Waals surface area contributed by atoms with Crippen LogP contribution in [0.5, 0.6) is 5.75 Å². The molecule has 0 amide bonds. The summed E-state index contributed by atoms with van der Waals surface area (Å²) >= 11 is 11.4. The van der Waals surface area contributed by atoms with E-state index in [1.165, 1.54) is 12.1 Å². The van der Waals surface area contributed by atoms with Gasteiger partial charge < -0.3 is 0 Å². The summed E-state index contributed by atoms with van der Waals surface area (Å²) in [7, 11) is 0. The van der Waals surface area contributed by atoms with Gasteiger partial charge >= 0.3 is 0 Å². The molecule has 0 aliphatic carbocycles. The predicted molar refractivity (Wildman–Crippen MR) is 50.6 cm³/mol. The van der Waals surface area contributed by atoms with Crippen LogP contribution >= 0.6 is 23.2 Å². The van der Waals surface area contributed by atoms with Crippen molar-refractivity contribution in [2.45, 2.75) is 11.8 Å². The zero-order valence-electron chi connectivity index (χ0n) is 6.47. The van der Waals surface area contributed by atoms with Gasteiger partial charge in [-0.1, -0.05) is 12.1 Å². The van der Waals surface area contributed by atoms with Crippen LogP contribution < -0.4 is 0 Å². The van der Waals surface area contributed by atoms with Crippen LogP contribution in [0.2, 0.25) is 0 Å². The predicted octanol–water partition coefficient (Wildman–Crippen LogP) is 3.22. The Morgan fingerprint density at radius 2 is 1.83 bits per heavy atom. The minimum absolute atomic E-state index is 0.0238. The van der Waals surface area contributed by atoms with Gasteiger partial charge in [0.2, 0.25) is 0 Å². The Kier molecular flexibility index (Phi) is 3.70. The average molecular weight is 204 g/mol. The highest BCUT2D eigenvalue weighted by atomic mass is 35.5. The van der Waals surface area contributed by atoms with E-state index in [9.17, 15) is 5.11 Å². The zero-order valence-corrected chi connectivity index (χ0v) is 7.98. The summed E-state index contributed by atoms with van der Waals surface area (Å²) in [5.41, 5.74) is 1.05. The number of alkyl halides is 2. The van der Waals surface area contributed by atoms with Gasteiger partial charge in [0, 0.05) is 5.88 Å². The third-order valence-corrected chi connectivity index (χ3v) is 2.39. The number of halogens is 2. The van der Waals surface area contributed by atoms with Crippen LogP contribution in [0.3, 0.4) is 0 Å². The molecule has 0 saturated heterocycles. The molecule has 65 valence electrons. The lowest BCUT2D eigenvalue weighted by atomic mass is 10.1. The van der Waals surface area contributed by atoms with Gasteiger partial charge in [0.05, 0.1) is 5.38 Å². The summed E-state index contributed by atoms with van der Waals surface area (Å²) in [4.78, 5) is 0. The van der Waals surface area contributed by atoms with Crippen molar-refractivity contribution in [3.05, 3.63) is 29.8 Å². The second kappa shape index (κ2) is 4.58. The van der Waals surface area contributed by atoms with E-state index in [1.54, 1.807) is 12.1 Å². The molecule has 0 heterocycles. The van der Waals surface area contributed by atoms with E-state index in [2.05, 4.69) is 0 Å². The van der Waals surface area contributed by atoms with E-state index in [0.717, 1.165) is 5.56 Å². The average Bonchev–Trinajstić information content (AvgIpc) is 2.09. The lowest BCUT2D eigenvalue weighted by molar-refractivity contribution is 0.355. The molecule has 12 heavy (non-hydrogen) atoms. The van der Waals surface area contributed by atoms with Crippen LogP contribution in [0.4, 0.5) is 0 Å². The molecule has 3 heteroatoms. The van der Waals surface area contributed by atoms with Gasteiger partial charge in [-0.2, -0.15) is 0 Å². The first-order valence-electron chi connectivity index (χ1n) is 3.68. The SMILES string of the molecule is [O]c1ccc(CC(Cl)CCl)cc1. The van der Waals surface area contributed by atoms with Crippen LogP contribution in [0.15, 0.2) is 24.3 Å². The summed E-state index contributed by atoms with van der Waals surface area (Å²) in [5, 5.41) is 10.7. The van der Waals surface area contributed by atoms with E-state index in [1.807, 2.05) is 0 Å². The summed E-state index contributed by atoms with van der Waals surface area (Å²) in [6, 6.07) is 6.63. The summed E-state index contributed by atoms with van der Waals surface area (Å²) in [5.74, 6) is 0.455. The van der Waals surface area contributed by atoms with E-state index in [0.29, 0.717) is 12.3 Å². The van der Waals surface area contributed by atoms with Gasteiger partial charge in [0.25, 0.3) is 0 Å². The molecule has 0 saturated carbocycles. The second-order valence-corrected chi connectivity index (χ2v) is 3.53. The molecule has 1 unspecified atom stereocenters. The van der Waals surface area contributed by atoms with E-state index in [4.69, 9.17) is 23.2 Å². The fraction of sp³-hybridized carbons (Fsp3) is 0.333. The van der Waals surface area contributed by atoms with Crippen molar-refractivity contribution >= 4 is 23.2 Å². The monoisotopic (exact) mass is 203 g/mol. The molecule has 0 aliphatic heterocycles. The largest absolute Gasteiger partial charge is 0.290 e. The summed E-state index contributed by atoms with van der Waals surface area (Å²) in [6.45, 7) is 0. The van der Waals surface area contributed by atoms with Gasteiger partial charge in [0.15, 0.2) is 5.75 Å². The van der Waals surface area contributed by atoms with E-state index in [-0.39, 0.29) is 11.1 Å². The minimum atomic E-state index is -0.0517. The van der Waals surface area contributed by atoms with Gasteiger partial charge in [-0.05, 0) is 24.1 Å². The van der Waals surface area contributed by atoms with Crippen molar-refractivity contribution in [3.63, 3.8) is 0 Å². The van der Waals surface area contributed by atoms with Crippen LogP contribution in [0.25, 0.3) is 0 Å². The Morgan fingerprint density at radius 3 is 2.33 bits per heavy atom. The molecule has 1 nitrogen and oxygen atoms in total. The van der Waals surface area contributed by atoms with E-state index < -0.39 is 0 Å². The Labute approximate surface area is 81.9 Å². The van der Waals surface area contributed by atoms with Crippen molar-refractivity contribution in [2.24, 2.45) is 0 Å². The topological polar surface area (TPSA) is 19.9 Å². The molecule has 0 N–H and O–H groups in total. The molecule has 0 aromatic heterocycles. The molecule has 1 aromatic carbocycles. The smallest absolute Gasteiger partial charge is 0.178 e. The van der Waals surface area contributed by atoms with Crippen molar-refractivity contribution in [1.29, 1.82) is 0 Å². The molecule has 1 radical (unpaired) electrons. The lowest BCUT2D eigenvalue weighted by Crippen LogP contribution is -2.04. The fourth-order valence-corrected chi connectivity index (χ4v) is 1.22. The standard InChI is InChI=1S/C9H9Cl2O/c10-6-8(11)5-7-1-3-9(12)4-2-7/h1-4,8H,5-6H2. The first-order chi connectivity index (χ1) is 5.72. The fourth-order valence-electron chi connectivity index (χ4n) is 0.936. The van der Waals surface area contributed by atoms with Crippen molar-refractivity contribution in [3.8, 4) is 5.75 Å². The first kappa shape index (κ1) is 9.69. The van der Waals surface area contributed by atoms with Crippen molar-refractivity contribution < 1.29 is 5.11 Å². The van der Waals surface area contributed by atoms with Crippen LogP contribution in [0, 0.1) is 0 Å². The van der Waals surface area contributed by atoms with E-state index >= 15 is 0 Å². The highest BCUT2D eigenvalue weighted by Crippen LogP contribution is 2.14. The summed E-state index contributed by atoms with van der Waals surface area (Å²) < 4.78 is 0. The highest BCUT2D eigenvalue weighted by molar-refractivity contribution is 6.28. The number of rotatable bonds is 3. The molecule has 0 aliphatic rings. The van der Waals surface area contributed by atoms with Gasteiger partial charge in [-0.3, -0.25) is 5.11 Å². The highest BCUT2D eigenvalue weighted by Gasteiger charge is 2.03. The lowest BCUT2D eigenvalue weighted by Gasteiger charge is -2.04. The minimum Gasteiger partial charge on any atom is -0.290 e. The molecule has 0 bridgehead atoms. The number of hydrogen-bond donors (Lipinski definition) is 0. The zero-order chi connectivity index (χ0) is 8.97. The van der Waals surface area contributed by atoms with Crippen LogP contribution in [-0.2, 0) is 11.5 Å². The van der Waals surface area contributed by atoms with Gasteiger partial charge in [-0.15, -0.1) is 23.2 Å². The maximum atomic E-state index is 10.7. The molecule has 0 spiro atoms. The first-order valence-corrected chi connectivity index (χ1v) is 4.65.